The van der Waals surface area contributed by atoms with Gasteiger partial charge in [-0.05, 0) is 104 Å². The van der Waals surface area contributed by atoms with Crippen molar-refractivity contribution in [2.24, 2.45) is 0 Å². The third-order valence-corrected chi connectivity index (χ3v) is 8.40. The monoisotopic (exact) mass is 517 g/mol. The number of nitrogens with one attached hydrogen (secondary N) is 1. The number of benzene rings is 2. The maximum absolute atomic E-state index is 13.7. The van der Waals surface area contributed by atoms with Gasteiger partial charge in [-0.25, -0.2) is 4.98 Å². The molecule has 0 unspecified atom stereocenters. The maximum atomic E-state index is 13.7. The number of likely N-dealkylation sites (tertiary alicyclic amines) is 1. The fourth-order valence-corrected chi connectivity index (χ4v) is 5.62. The molecule has 0 radical (unpaired) electrons. The lowest BCUT2D eigenvalue weighted by Crippen LogP contribution is -2.48. The van der Waals surface area contributed by atoms with Crippen molar-refractivity contribution < 1.29 is 9.53 Å². The van der Waals surface area contributed by atoms with Crippen LogP contribution in [-0.2, 0) is 5.54 Å². The van der Waals surface area contributed by atoms with Gasteiger partial charge >= 0.3 is 0 Å². The van der Waals surface area contributed by atoms with Gasteiger partial charge in [0.25, 0.3) is 5.91 Å². The Kier molecular flexibility index (Phi) is 5.63. The molecule has 7 nitrogen and oxygen atoms in total. The molecule has 5 aromatic rings. The van der Waals surface area contributed by atoms with Crippen molar-refractivity contribution in [1.29, 1.82) is 0 Å². The van der Waals surface area contributed by atoms with E-state index in [4.69, 9.17) is 4.74 Å². The second kappa shape index (κ2) is 9.20. The molecule has 1 N–H and O–H groups in total. The first-order chi connectivity index (χ1) is 19.0. The van der Waals surface area contributed by atoms with Crippen molar-refractivity contribution in [3.05, 3.63) is 96.1 Å². The van der Waals surface area contributed by atoms with Gasteiger partial charge in [-0.15, -0.1) is 0 Å². The quantitative estimate of drug-likeness (QED) is 0.315. The molecule has 0 bridgehead atoms. The van der Waals surface area contributed by atoms with Crippen molar-refractivity contribution in [2.75, 3.05) is 20.2 Å². The fraction of sp³-hybridized carbons (Fsp3) is 0.281. The van der Waals surface area contributed by atoms with Gasteiger partial charge in [-0.2, -0.15) is 0 Å². The molecule has 7 heteroatoms. The minimum absolute atomic E-state index is 0.0708. The lowest BCUT2D eigenvalue weighted by molar-refractivity contribution is 0.0767. The van der Waals surface area contributed by atoms with Gasteiger partial charge in [0.1, 0.15) is 18.0 Å². The van der Waals surface area contributed by atoms with Crippen molar-refractivity contribution in [3.63, 3.8) is 0 Å². The van der Waals surface area contributed by atoms with E-state index in [1.807, 2.05) is 54.0 Å². The van der Waals surface area contributed by atoms with Gasteiger partial charge in [0.05, 0.1) is 11.1 Å². The van der Waals surface area contributed by atoms with Gasteiger partial charge in [0.15, 0.2) is 0 Å². The Morgan fingerprint density at radius 1 is 1.08 bits per heavy atom. The molecule has 1 atom stereocenters. The molecule has 1 saturated heterocycles. The van der Waals surface area contributed by atoms with E-state index in [1.165, 1.54) is 0 Å². The van der Waals surface area contributed by atoms with Crippen LogP contribution in [0.4, 0.5) is 0 Å². The summed E-state index contributed by atoms with van der Waals surface area (Å²) in [7, 11) is 2.12. The number of likely N-dealkylation sites (N-methyl/N-ethyl adjacent to an activating group) is 1. The van der Waals surface area contributed by atoms with Crippen LogP contribution in [0.2, 0.25) is 0 Å². The van der Waals surface area contributed by atoms with Crippen LogP contribution >= 0.6 is 0 Å². The molecular formula is C32H31N5O2. The standard InChI is InChI=1S/C32H31N5O2/c1-21-5-7-25(39-20-24-9-14-36(24)2)18-27(21)31(38)35-32(10-11-32)28-16-23(17-29-26(28)4-3-12-33-29)22-6-8-30-34-13-15-37(30)19-22/h3-8,12-13,15-19,24H,9-11,14,20H2,1-2H3,(H,35,38)/t24-/m0/s1. The third-order valence-electron chi connectivity index (χ3n) is 8.40. The first kappa shape index (κ1) is 23.9. The number of carbonyl (C=O) groups excluding carboxylic acids is 1. The molecule has 39 heavy (non-hydrogen) atoms. The summed E-state index contributed by atoms with van der Waals surface area (Å²) in [6.07, 6.45) is 10.6. The van der Waals surface area contributed by atoms with Crippen molar-refractivity contribution in [1.82, 2.24) is 24.6 Å². The fourth-order valence-electron chi connectivity index (χ4n) is 5.62. The molecule has 1 aliphatic heterocycles. The highest BCUT2D eigenvalue weighted by Crippen LogP contribution is 2.49. The maximum Gasteiger partial charge on any atom is 0.252 e. The highest BCUT2D eigenvalue weighted by atomic mass is 16.5. The number of hydrogen-bond donors (Lipinski definition) is 1. The molecule has 1 amide bonds. The number of pyridine rings is 2. The predicted octanol–water partition coefficient (Wildman–Crippen LogP) is 5.36. The van der Waals surface area contributed by atoms with Crippen LogP contribution < -0.4 is 10.1 Å². The smallest absolute Gasteiger partial charge is 0.252 e. The lowest BCUT2D eigenvalue weighted by atomic mass is 9.93. The second-order valence-electron chi connectivity index (χ2n) is 11.0. The Balaban J connectivity index is 1.21. The van der Waals surface area contributed by atoms with Gasteiger partial charge < -0.3 is 14.5 Å². The topological polar surface area (TPSA) is 71.8 Å². The van der Waals surface area contributed by atoms with Gasteiger partial charge in [-0.1, -0.05) is 12.1 Å². The minimum Gasteiger partial charge on any atom is -0.492 e. The van der Waals surface area contributed by atoms with E-state index in [-0.39, 0.29) is 5.91 Å². The summed E-state index contributed by atoms with van der Waals surface area (Å²) in [6.45, 7) is 3.73. The van der Waals surface area contributed by atoms with Crippen LogP contribution in [0.3, 0.4) is 0 Å². The van der Waals surface area contributed by atoms with Gasteiger partial charge in [-0.3, -0.25) is 14.7 Å². The predicted molar refractivity (Wildman–Crippen MR) is 152 cm³/mol. The lowest BCUT2D eigenvalue weighted by Gasteiger charge is -2.37. The average Bonchev–Trinajstić information content (AvgIpc) is 3.57. The number of aryl methyl sites for hydroxylation is 1. The number of nitrogens with zero attached hydrogens (tertiary/aromatic N) is 4. The largest absolute Gasteiger partial charge is 0.492 e. The third kappa shape index (κ3) is 4.33. The van der Waals surface area contributed by atoms with E-state index in [2.05, 4.69) is 57.7 Å². The zero-order chi connectivity index (χ0) is 26.6. The number of hydrogen-bond acceptors (Lipinski definition) is 5. The molecule has 2 fully saturated rings. The van der Waals surface area contributed by atoms with Crippen LogP contribution in [0.5, 0.6) is 5.75 Å². The van der Waals surface area contributed by atoms with Crippen LogP contribution in [0.15, 0.2) is 79.4 Å². The SMILES string of the molecule is Cc1ccc(OC[C@@H]2CCN2C)cc1C(=O)NC1(c2cc(-c3ccc4nccn4c3)cc3ncccc23)CC1. The van der Waals surface area contributed by atoms with E-state index in [0.717, 1.165) is 70.4 Å². The Hall–Kier alpha value is -4.23. The summed E-state index contributed by atoms with van der Waals surface area (Å²) in [4.78, 5) is 25.1. The highest BCUT2D eigenvalue weighted by Gasteiger charge is 2.47. The molecule has 4 heterocycles. The Bertz CT molecular complexity index is 1720. The van der Waals surface area contributed by atoms with E-state index in [1.54, 1.807) is 6.20 Å². The van der Waals surface area contributed by atoms with Crippen molar-refractivity contribution in [2.45, 2.75) is 37.8 Å². The average molecular weight is 518 g/mol. The number of imidazole rings is 1. The van der Waals surface area contributed by atoms with E-state index in [0.29, 0.717) is 18.2 Å². The zero-order valence-corrected chi connectivity index (χ0v) is 22.2. The van der Waals surface area contributed by atoms with Gasteiger partial charge in [0.2, 0.25) is 0 Å². The Morgan fingerprint density at radius 3 is 2.77 bits per heavy atom. The molecule has 196 valence electrons. The molecule has 1 saturated carbocycles. The number of fused-ring (bicyclic) bond motifs is 2. The summed E-state index contributed by atoms with van der Waals surface area (Å²) >= 11 is 0. The van der Waals surface area contributed by atoms with Crippen LogP contribution in [0, 0.1) is 6.92 Å². The summed E-state index contributed by atoms with van der Waals surface area (Å²) < 4.78 is 8.09. The van der Waals surface area contributed by atoms with E-state index in [9.17, 15) is 4.79 Å². The minimum atomic E-state index is -0.425. The van der Waals surface area contributed by atoms with E-state index >= 15 is 0 Å². The van der Waals surface area contributed by atoms with Crippen LogP contribution in [0.1, 0.15) is 40.7 Å². The van der Waals surface area contributed by atoms with E-state index < -0.39 is 5.54 Å². The molecule has 2 aromatic carbocycles. The number of rotatable bonds is 7. The Labute approximate surface area is 227 Å². The van der Waals surface area contributed by atoms with Crippen molar-refractivity contribution >= 4 is 22.5 Å². The Morgan fingerprint density at radius 2 is 1.97 bits per heavy atom. The summed E-state index contributed by atoms with van der Waals surface area (Å²) in [6, 6.07) is 18.8. The summed E-state index contributed by atoms with van der Waals surface area (Å²) in [5.41, 5.74) is 6.25. The highest BCUT2D eigenvalue weighted by molar-refractivity contribution is 5.98. The first-order valence-electron chi connectivity index (χ1n) is 13.6. The van der Waals surface area contributed by atoms with Crippen LogP contribution in [-0.4, -0.2) is 51.4 Å². The molecule has 0 spiro atoms. The molecular weight excluding hydrogens is 486 g/mol. The number of carbonyl (C=O) groups is 1. The molecule has 7 rings (SSSR count). The van der Waals surface area contributed by atoms with Crippen LogP contribution in [0.25, 0.3) is 27.7 Å². The molecule has 1 aliphatic carbocycles. The number of aromatic nitrogens is 3. The molecule has 2 aliphatic rings. The zero-order valence-electron chi connectivity index (χ0n) is 22.2. The van der Waals surface area contributed by atoms with Crippen molar-refractivity contribution in [3.8, 4) is 16.9 Å². The number of ether oxygens (including phenoxy) is 1. The second-order valence-corrected chi connectivity index (χ2v) is 11.0. The summed E-state index contributed by atoms with van der Waals surface area (Å²) in [5, 5.41) is 4.48. The molecule has 3 aromatic heterocycles. The summed E-state index contributed by atoms with van der Waals surface area (Å²) in [5.74, 6) is 0.668. The number of amides is 1. The normalized spacial score (nSPS) is 18.2. The first-order valence-corrected chi connectivity index (χ1v) is 13.6. The van der Waals surface area contributed by atoms with Gasteiger partial charge in [0, 0.05) is 41.8 Å².